The zero-order chi connectivity index (χ0) is 21.6. The van der Waals surface area contributed by atoms with Crippen molar-refractivity contribution < 1.29 is 9.84 Å². The molecular weight excluding hydrogens is 396 g/mol. The van der Waals surface area contributed by atoms with Crippen LogP contribution in [0.15, 0.2) is 36.8 Å². The fourth-order valence-electron chi connectivity index (χ4n) is 3.93. The molecule has 1 aliphatic heterocycles. The van der Waals surface area contributed by atoms with Crippen molar-refractivity contribution in [2.24, 2.45) is 0 Å². The van der Waals surface area contributed by atoms with E-state index in [4.69, 9.17) is 10.5 Å². The number of nitrogens with two attached hydrogens (primary N) is 1. The molecule has 10 heteroatoms. The fourth-order valence-corrected chi connectivity index (χ4v) is 3.93. The van der Waals surface area contributed by atoms with Gasteiger partial charge in [-0.15, -0.1) is 0 Å². The van der Waals surface area contributed by atoms with Crippen LogP contribution in [0.3, 0.4) is 0 Å². The summed E-state index contributed by atoms with van der Waals surface area (Å²) in [5, 5.41) is 21.5. The summed E-state index contributed by atoms with van der Waals surface area (Å²) < 4.78 is 9.17. The van der Waals surface area contributed by atoms with E-state index in [1.54, 1.807) is 34.9 Å². The predicted octanol–water partition coefficient (Wildman–Crippen LogP) is 2.25. The Hall–Kier alpha value is -3.37. The molecule has 4 aromatic rings. The summed E-state index contributed by atoms with van der Waals surface area (Å²) in [6, 6.07) is 7.42. The highest BCUT2D eigenvalue weighted by Crippen LogP contribution is 2.31. The molecule has 5 rings (SSSR count). The summed E-state index contributed by atoms with van der Waals surface area (Å²) in [7, 11) is 0. The molecule has 1 fully saturated rings. The molecule has 3 N–H and O–H groups in total. The smallest absolute Gasteiger partial charge is 0.221 e. The number of aryl methyl sites for hydroxylation is 1. The Labute approximate surface area is 178 Å². The third-order valence-electron chi connectivity index (χ3n) is 5.70. The molecule has 0 saturated carbocycles. The third-order valence-corrected chi connectivity index (χ3v) is 5.70. The van der Waals surface area contributed by atoms with Crippen LogP contribution < -0.4 is 5.73 Å². The van der Waals surface area contributed by atoms with E-state index in [-0.39, 0.29) is 12.2 Å². The van der Waals surface area contributed by atoms with Crippen LogP contribution >= 0.6 is 0 Å². The molecule has 2 atom stereocenters. The molecule has 4 heterocycles. The molecule has 1 aliphatic rings. The number of ether oxygens (including phenoxy) is 1. The lowest BCUT2D eigenvalue weighted by Gasteiger charge is -2.23. The zero-order valence-corrected chi connectivity index (χ0v) is 17.4. The Morgan fingerprint density at radius 3 is 2.84 bits per heavy atom. The molecular formula is C21H24N8O2. The fraction of sp³-hybridized carbons (Fsp3) is 0.381. The summed E-state index contributed by atoms with van der Waals surface area (Å²) in [4.78, 5) is 12.6. The normalized spacial score (nSPS) is 18.9. The van der Waals surface area contributed by atoms with Crippen LogP contribution in [0.5, 0.6) is 0 Å². The van der Waals surface area contributed by atoms with Gasteiger partial charge in [0.15, 0.2) is 17.9 Å². The largest absolute Gasteiger partial charge is 0.377 e. The van der Waals surface area contributed by atoms with Crippen molar-refractivity contribution in [3.8, 4) is 5.82 Å². The van der Waals surface area contributed by atoms with E-state index in [2.05, 4.69) is 25.1 Å². The Morgan fingerprint density at radius 2 is 2.06 bits per heavy atom. The van der Waals surface area contributed by atoms with Gasteiger partial charge in [-0.2, -0.15) is 15.2 Å². The highest BCUT2D eigenvalue weighted by Gasteiger charge is 2.32. The van der Waals surface area contributed by atoms with Crippen molar-refractivity contribution in [1.29, 1.82) is 0 Å². The molecule has 31 heavy (non-hydrogen) atoms. The van der Waals surface area contributed by atoms with E-state index in [0.29, 0.717) is 23.8 Å². The number of fused-ring (bicyclic) bond motifs is 1. The van der Waals surface area contributed by atoms with E-state index < -0.39 is 5.60 Å². The van der Waals surface area contributed by atoms with E-state index in [0.717, 1.165) is 35.9 Å². The van der Waals surface area contributed by atoms with Gasteiger partial charge in [0.05, 0.1) is 11.2 Å². The number of anilines is 1. The number of aliphatic hydroxyl groups is 1. The molecule has 0 amide bonds. The van der Waals surface area contributed by atoms with Gasteiger partial charge in [0.1, 0.15) is 11.9 Å². The molecule has 0 aliphatic carbocycles. The van der Waals surface area contributed by atoms with E-state index in [9.17, 15) is 5.11 Å². The summed E-state index contributed by atoms with van der Waals surface area (Å²) in [5.41, 5.74) is 6.63. The van der Waals surface area contributed by atoms with Gasteiger partial charge in [-0.3, -0.25) is 0 Å². The molecule has 160 valence electrons. The van der Waals surface area contributed by atoms with Crippen molar-refractivity contribution in [2.75, 3.05) is 12.3 Å². The van der Waals surface area contributed by atoms with Crippen molar-refractivity contribution in [1.82, 2.24) is 34.5 Å². The maximum absolute atomic E-state index is 11.4. The van der Waals surface area contributed by atoms with Crippen LogP contribution in [0, 0.1) is 6.92 Å². The van der Waals surface area contributed by atoms with E-state index >= 15 is 0 Å². The molecule has 1 aromatic carbocycles. The van der Waals surface area contributed by atoms with Crippen LogP contribution in [0.4, 0.5) is 5.95 Å². The maximum Gasteiger partial charge on any atom is 0.221 e. The highest BCUT2D eigenvalue weighted by molar-refractivity contribution is 5.84. The number of aromatic nitrogens is 7. The lowest BCUT2D eigenvalue weighted by atomic mass is 9.94. The first-order chi connectivity index (χ1) is 14.9. The molecule has 2 unspecified atom stereocenters. The minimum absolute atomic E-state index is 0.138. The first-order valence-corrected chi connectivity index (χ1v) is 10.3. The first-order valence-electron chi connectivity index (χ1n) is 10.3. The average Bonchev–Trinajstić information content (AvgIpc) is 3.40. The topological polar surface area (TPSA) is 130 Å². The van der Waals surface area contributed by atoms with Crippen molar-refractivity contribution in [3.05, 3.63) is 53.9 Å². The molecule has 1 saturated heterocycles. The van der Waals surface area contributed by atoms with Crippen molar-refractivity contribution in [3.63, 3.8) is 0 Å². The molecule has 10 nitrogen and oxygen atoms in total. The number of hydrogen-bond acceptors (Lipinski definition) is 8. The van der Waals surface area contributed by atoms with Gasteiger partial charge in [-0.05, 0) is 44.7 Å². The monoisotopic (exact) mass is 420 g/mol. The highest BCUT2D eigenvalue weighted by atomic mass is 16.5. The molecule has 3 aromatic heterocycles. The predicted molar refractivity (Wildman–Crippen MR) is 113 cm³/mol. The second-order valence-corrected chi connectivity index (χ2v) is 7.94. The third kappa shape index (κ3) is 3.43. The summed E-state index contributed by atoms with van der Waals surface area (Å²) in [6.45, 7) is 4.32. The summed E-state index contributed by atoms with van der Waals surface area (Å²) in [5.74, 6) is 1.04. The number of nitrogen functional groups attached to an aromatic ring is 1. The number of benzene rings is 1. The molecule has 0 bridgehead atoms. The number of rotatable bonds is 4. The van der Waals surface area contributed by atoms with Crippen molar-refractivity contribution >= 4 is 16.9 Å². The Morgan fingerprint density at radius 1 is 1.19 bits per heavy atom. The van der Waals surface area contributed by atoms with Gasteiger partial charge in [0.2, 0.25) is 5.95 Å². The quantitative estimate of drug-likeness (QED) is 0.514. The van der Waals surface area contributed by atoms with Gasteiger partial charge in [0, 0.05) is 24.3 Å². The summed E-state index contributed by atoms with van der Waals surface area (Å²) >= 11 is 0. The SMILES string of the molecule is Cc1nn(-c2ccnc(N)n2)c2cc(C(C)(O)c3ncn(C4CCCCO4)n3)ccc12. The van der Waals surface area contributed by atoms with Crippen LogP contribution in [-0.4, -0.2) is 46.2 Å². The Bertz CT molecular complexity index is 1240. The standard InChI is InChI=1S/C21H24N8O2/c1-13-15-7-6-14(11-16(15)29(26-13)17-8-9-23-20(22)25-17)21(2,30)19-24-12-28(27-19)18-5-3-4-10-31-18/h6-9,11-12,18,30H,3-5,10H2,1-2H3,(H2,22,23,25). The number of nitrogens with zero attached hydrogens (tertiary/aromatic N) is 7. The molecule has 0 radical (unpaired) electrons. The van der Waals surface area contributed by atoms with Gasteiger partial charge >= 0.3 is 0 Å². The van der Waals surface area contributed by atoms with E-state index in [1.807, 2.05) is 25.1 Å². The van der Waals surface area contributed by atoms with Crippen LogP contribution in [0.25, 0.3) is 16.7 Å². The van der Waals surface area contributed by atoms with Crippen molar-refractivity contribution in [2.45, 2.75) is 44.9 Å². The van der Waals surface area contributed by atoms with Gasteiger partial charge < -0.3 is 15.6 Å². The van der Waals surface area contributed by atoms with Crippen LogP contribution in [-0.2, 0) is 10.3 Å². The first kappa shape index (κ1) is 19.6. The maximum atomic E-state index is 11.4. The van der Waals surface area contributed by atoms with E-state index in [1.165, 1.54) is 0 Å². The lowest BCUT2D eigenvalue weighted by molar-refractivity contribution is -0.0405. The number of hydrogen-bond donors (Lipinski definition) is 2. The lowest BCUT2D eigenvalue weighted by Crippen LogP contribution is -2.26. The van der Waals surface area contributed by atoms with Gasteiger partial charge in [-0.1, -0.05) is 12.1 Å². The summed E-state index contributed by atoms with van der Waals surface area (Å²) in [6.07, 6.45) is 6.10. The van der Waals surface area contributed by atoms with Crippen LogP contribution in [0.2, 0.25) is 0 Å². The van der Waals surface area contributed by atoms with Gasteiger partial charge in [-0.25, -0.2) is 19.3 Å². The minimum Gasteiger partial charge on any atom is -0.377 e. The van der Waals surface area contributed by atoms with Crippen LogP contribution in [0.1, 0.15) is 49.5 Å². The average molecular weight is 420 g/mol. The Balaban J connectivity index is 1.55. The zero-order valence-electron chi connectivity index (χ0n) is 17.4. The minimum atomic E-state index is -1.40. The molecule has 0 spiro atoms. The second-order valence-electron chi connectivity index (χ2n) is 7.94. The van der Waals surface area contributed by atoms with Gasteiger partial charge in [0.25, 0.3) is 0 Å². The second kappa shape index (κ2) is 7.40. The Kier molecular flexibility index (Phi) is 4.67.